The Morgan fingerprint density at radius 1 is 1.00 bits per heavy atom. The number of piperazine rings is 1. The molecule has 2 N–H and O–H groups in total. The number of hydrogen-bond donors (Lipinski definition) is 2. The van der Waals surface area contributed by atoms with Crippen molar-refractivity contribution in [2.45, 2.75) is 4.90 Å². The Morgan fingerprint density at radius 2 is 1.82 bits per heavy atom. The van der Waals surface area contributed by atoms with Crippen LogP contribution in [0.4, 0.5) is 17.3 Å². The summed E-state index contributed by atoms with van der Waals surface area (Å²) in [5.74, 6) is 0.311. The van der Waals surface area contributed by atoms with Gasteiger partial charge >= 0.3 is 0 Å². The van der Waals surface area contributed by atoms with Gasteiger partial charge in [0.15, 0.2) is 5.65 Å². The van der Waals surface area contributed by atoms with E-state index >= 15 is 0 Å². The van der Waals surface area contributed by atoms with Crippen LogP contribution in [0.15, 0.2) is 65.8 Å². The van der Waals surface area contributed by atoms with Crippen molar-refractivity contribution in [1.29, 1.82) is 0 Å². The monoisotopic (exact) mass is 492 g/mol. The normalized spacial score (nSPS) is 14.6. The van der Waals surface area contributed by atoms with Crippen molar-refractivity contribution in [3.05, 3.63) is 60.9 Å². The molecule has 10 nitrogen and oxygen atoms in total. The lowest BCUT2D eigenvalue weighted by Gasteiger charge is -2.29. The first-order chi connectivity index (χ1) is 16.6. The fourth-order valence-corrected chi connectivity index (χ4v) is 6.11. The van der Waals surface area contributed by atoms with Crippen LogP contribution in [0.25, 0.3) is 22.1 Å². The lowest BCUT2D eigenvalue weighted by molar-refractivity contribution is 0.589. The first kappa shape index (κ1) is 21.0. The van der Waals surface area contributed by atoms with Crippen molar-refractivity contribution in [3.8, 4) is 0 Å². The average Bonchev–Trinajstić information content (AvgIpc) is 3.52. The maximum absolute atomic E-state index is 13.5. The predicted molar refractivity (Wildman–Crippen MR) is 132 cm³/mol. The van der Waals surface area contributed by atoms with Gasteiger partial charge in [-0.05, 0) is 42.5 Å². The topological polar surface area (TPSA) is 118 Å². The Kier molecular flexibility index (Phi) is 5.12. The maximum Gasteiger partial charge on any atom is 0.271 e. The fourth-order valence-electron chi connectivity index (χ4n) is 4.05. The Hall–Kier alpha value is -3.61. The lowest BCUT2D eigenvalue weighted by atomic mass is 10.2. The van der Waals surface area contributed by atoms with Gasteiger partial charge in [-0.1, -0.05) is 6.07 Å². The van der Waals surface area contributed by atoms with Crippen molar-refractivity contribution in [2.75, 3.05) is 36.4 Å². The summed E-state index contributed by atoms with van der Waals surface area (Å²) in [6, 6.07) is 14.7. The highest BCUT2D eigenvalue weighted by atomic mass is 32.2. The molecule has 4 heterocycles. The van der Waals surface area contributed by atoms with E-state index in [1.165, 1.54) is 12.3 Å². The highest BCUT2D eigenvalue weighted by Gasteiger charge is 2.24. The summed E-state index contributed by atoms with van der Waals surface area (Å²) in [4.78, 5) is 11.3. The molecule has 0 atom stereocenters. The van der Waals surface area contributed by atoms with E-state index in [1.807, 2.05) is 12.1 Å². The zero-order valence-electron chi connectivity index (χ0n) is 17.9. The van der Waals surface area contributed by atoms with E-state index in [2.05, 4.69) is 46.4 Å². The summed E-state index contributed by atoms with van der Waals surface area (Å²) in [5.41, 5.74) is 3.16. The van der Waals surface area contributed by atoms with Crippen LogP contribution in [-0.4, -0.2) is 57.3 Å². The van der Waals surface area contributed by atoms with Crippen LogP contribution >= 0.6 is 11.7 Å². The maximum atomic E-state index is 13.5. The van der Waals surface area contributed by atoms with Crippen LogP contribution in [0.5, 0.6) is 0 Å². The molecule has 0 spiro atoms. The second-order valence-corrected chi connectivity index (χ2v) is 10.2. The Balaban J connectivity index is 1.32. The average molecular weight is 493 g/mol. The van der Waals surface area contributed by atoms with Gasteiger partial charge in [0.1, 0.15) is 15.9 Å². The smallest absolute Gasteiger partial charge is 0.271 e. The van der Waals surface area contributed by atoms with Crippen molar-refractivity contribution in [2.24, 2.45) is 0 Å². The van der Waals surface area contributed by atoms with Crippen LogP contribution in [0.2, 0.25) is 0 Å². The number of hydrogen-bond acceptors (Lipinski definition) is 10. The molecule has 2 aromatic carbocycles. The molecule has 5 aromatic rings. The fraction of sp³-hybridized carbons (Fsp3) is 0.182. The number of benzene rings is 2. The highest BCUT2D eigenvalue weighted by Crippen LogP contribution is 2.27. The zero-order chi connectivity index (χ0) is 23.1. The molecule has 34 heavy (non-hydrogen) atoms. The summed E-state index contributed by atoms with van der Waals surface area (Å²) in [5, 5.41) is 7.15. The van der Waals surface area contributed by atoms with Crippen molar-refractivity contribution < 1.29 is 8.42 Å². The van der Waals surface area contributed by atoms with E-state index in [-0.39, 0.29) is 10.5 Å². The van der Waals surface area contributed by atoms with Gasteiger partial charge < -0.3 is 15.5 Å². The van der Waals surface area contributed by atoms with Gasteiger partial charge in [-0.2, -0.15) is 13.7 Å². The Bertz CT molecular complexity index is 1590. The van der Waals surface area contributed by atoms with Gasteiger partial charge in [0.25, 0.3) is 10.0 Å². The molecule has 0 bridgehead atoms. The minimum absolute atomic E-state index is 0.0906. The van der Waals surface area contributed by atoms with Crippen molar-refractivity contribution in [3.63, 3.8) is 0 Å². The third kappa shape index (κ3) is 3.65. The molecule has 12 heteroatoms. The summed E-state index contributed by atoms with van der Waals surface area (Å²) in [7, 11) is -3.93. The van der Waals surface area contributed by atoms with Crippen LogP contribution in [0.1, 0.15) is 0 Å². The molecule has 0 saturated carbocycles. The number of aromatic nitrogens is 5. The second-order valence-electron chi connectivity index (χ2n) is 7.89. The Labute approximate surface area is 199 Å². The third-order valence-electron chi connectivity index (χ3n) is 5.79. The molecule has 1 aliphatic heterocycles. The molecule has 6 rings (SSSR count). The number of anilines is 3. The first-order valence-corrected chi connectivity index (χ1v) is 12.9. The lowest BCUT2D eigenvalue weighted by Crippen LogP contribution is -2.43. The Morgan fingerprint density at radius 3 is 2.65 bits per heavy atom. The first-order valence-electron chi connectivity index (χ1n) is 10.7. The van der Waals surface area contributed by atoms with Gasteiger partial charge in [-0.15, -0.1) is 0 Å². The van der Waals surface area contributed by atoms with Gasteiger partial charge in [0.2, 0.25) is 5.95 Å². The molecule has 0 radical (unpaired) electrons. The number of fused-ring (bicyclic) bond motifs is 2. The van der Waals surface area contributed by atoms with E-state index < -0.39 is 10.0 Å². The van der Waals surface area contributed by atoms with Crippen molar-refractivity contribution >= 4 is 61.1 Å². The SMILES string of the molecule is O=S(=O)(c1cccc2nsnc12)n1ccc2cnc(Nc3ccc(N4CCNCC4)cc3)nc21. The van der Waals surface area contributed by atoms with E-state index in [4.69, 9.17) is 0 Å². The van der Waals surface area contributed by atoms with E-state index in [9.17, 15) is 8.42 Å². The standard InChI is InChI=1S/C22H20N8O2S2/c31-34(32,19-3-1-2-18-20(19)28-33-27-18)30-11-8-15-14-24-22(26-21(15)30)25-16-4-6-17(7-5-16)29-12-9-23-10-13-29/h1-8,11,14,23H,9-10,12-13H2,(H,24,25,26). The largest absolute Gasteiger partial charge is 0.369 e. The van der Waals surface area contributed by atoms with Gasteiger partial charge in [0.05, 0.1) is 11.7 Å². The molecular weight excluding hydrogens is 472 g/mol. The van der Waals surface area contributed by atoms with Crippen LogP contribution in [0, 0.1) is 0 Å². The third-order valence-corrected chi connectivity index (χ3v) is 8.03. The second kappa shape index (κ2) is 8.31. The van der Waals surface area contributed by atoms with Crippen LogP contribution < -0.4 is 15.5 Å². The molecule has 0 amide bonds. The molecule has 0 unspecified atom stereocenters. The number of nitrogens with zero attached hydrogens (tertiary/aromatic N) is 6. The van der Waals surface area contributed by atoms with Gasteiger partial charge in [-0.25, -0.2) is 17.4 Å². The van der Waals surface area contributed by atoms with E-state index in [0.29, 0.717) is 22.4 Å². The quantitative estimate of drug-likeness (QED) is 0.382. The molecular formula is C22H20N8O2S2. The number of nitrogens with one attached hydrogen (secondary N) is 2. The molecule has 0 aliphatic carbocycles. The predicted octanol–water partition coefficient (Wildman–Crippen LogP) is 2.83. The highest BCUT2D eigenvalue weighted by molar-refractivity contribution is 7.90. The molecule has 172 valence electrons. The van der Waals surface area contributed by atoms with E-state index in [1.54, 1.807) is 24.4 Å². The molecule has 1 saturated heterocycles. The summed E-state index contributed by atoms with van der Waals surface area (Å²) < 4.78 is 36.5. The van der Waals surface area contributed by atoms with Crippen LogP contribution in [0.3, 0.4) is 0 Å². The zero-order valence-corrected chi connectivity index (χ0v) is 19.6. The van der Waals surface area contributed by atoms with Crippen LogP contribution in [-0.2, 0) is 10.0 Å². The number of rotatable bonds is 5. The van der Waals surface area contributed by atoms with Gasteiger partial charge in [-0.3, -0.25) is 0 Å². The van der Waals surface area contributed by atoms with Gasteiger partial charge in [0, 0.05) is 55.3 Å². The summed E-state index contributed by atoms with van der Waals surface area (Å²) >= 11 is 0.982. The molecule has 3 aromatic heterocycles. The van der Waals surface area contributed by atoms with Crippen molar-refractivity contribution in [1.82, 2.24) is 28.0 Å². The summed E-state index contributed by atoms with van der Waals surface area (Å²) in [6.45, 7) is 3.90. The molecule has 1 fully saturated rings. The van der Waals surface area contributed by atoms with E-state index in [0.717, 1.165) is 53.3 Å². The minimum Gasteiger partial charge on any atom is -0.369 e. The minimum atomic E-state index is -3.93. The summed E-state index contributed by atoms with van der Waals surface area (Å²) in [6.07, 6.45) is 3.09. The molecule has 1 aliphatic rings.